The number of benzene rings is 1. The molecular weight excluding hydrogens is 508 g/mol. The van der Waals surface area contributed by atoms with Gasteiger partial charge in [-0.05, 0) is 75.8 Å². The molecule has 37 heavy (non-hydrogen) atoms. The Hall–Kier alpha value is -3.11. The van der Waals surface area contributed by atoms with Crippen molar-refractivity contribution in [2.75, 3.05) is 17.7 Å². The fraction of sp³-hybridized carbons (Fsp3) is 0.407. The van der Waals surface area contributed by atoms with E-state index in [1.807, 2.05) is 37.5 Å². The number of nitrogens with one attached hydrogen (secondary N) is 1. The van der Waals surface area contributed by atoms with Gasteiger partial charge in [0.2, 0.25) is 5.91 Å². The van der Waals surface area contributed by atoms with E-state index in [0.717, 1.165) is 46.6 Å². The molecule has 1 N–H and O–H groups in total. The van der Waals surface area contributed by atoms with Crippen LogP contribution in [0.5, 0.6) is 5.75 Å². The average Bonchev–Trinajstić information content (AvgIpc) is 3.52. The van der Waals surface area contributed by atoms with Crippen LogP contribution in [0.3, 0.4) is 0 Å². The van der Waals surface area contributed by atoms with Crippen molar-refractivity contribution in [3.05, 3.63) is 63.8 Å². The molecule has 2 heterocycles. The van der Waals surface area contributed by atoms with E-state index in [1.165, 1.54) is 23.1 Å². The minimum absolute atomic E-state index is 0.117. The third-order valence-electron chi connectivity index (χ3n) is 5.91. The molecule has 1 atom stereocenters. The van der Waals surface area contributed by atoms with Crippen LogP contribution in [0.1, 0.15) is 64.1 Å². The second kappa shape index (κ2) is 12.0. The fourth-order valence-corrected chi connectivity index (χ4v) is 6.52. The van der Waals surface area contributed by atoms with Gasteiger partial charge in [-0.1, -0.05) is 23.9 Å². The first-order valence-electron chi connectivity index (χ1n) is 12.3. The Balaban J connectivity index is 1.45. The van der Waals surface area contributed by atoms with E-state index in [0.29, 0.717) is 34.7 Å². The van der Waals surface area contributed by atoms with Gasteiger partial charge in [-0.2, -0.15) is 0 Å². The lowest BCUT2D eigenvalue weighted by Crippen LogP contribution is -2.17. The number of allylic oxidation sites excluding steroid dienone is 1. The van der Waals surface area contributed by atoms with Crippen LogP contribution in [0.2, 0.25) is 0 Å². The molecule has 10 heteroatoms. The summed E-state index contributed by atoms with van der Waals surface area (Å²) >= 11 is 2.75. The molecule has 0 aliphatic heterocycles. The van der Waals surface area contributed by atoms with Crippen LogP contribution in [-0.4, -0.2) is 39.0 Å². The van der Waals surface area contributed by atoms with Crippen LogP contribution in [0.25, 0.3) is 0 Å². The van der Waals surface area contributed by atoms with Crippen molar-refractivity contribution in [1.29, 1.82) is 0 Å². The van der Waals surface area contributed by atoms with E-state index >= 15 is 0 Å². The number of thiophene rings is 1. The topological polar surface area (TPSA) is 95.3 Å². The van der Waals surface area contributed by atoms with Crippen molar-refractivity contribution in [3.63, 3.8) is 0 Å². The van der Waals surface area contributed by atoms with Gasteiger partial charge in [0, 0.05) is 11.4 Å². The predicted octanol–water partition coefficient (Wildman–Crippen LogP) is 5.68. The molecule has 0 spiro atoms. The van der Waals surface area contributed by atoms with E-state index in [9.17, 15) is 9.59 Å². The molecule has 4 rings (SSSR count). The molecule has 0 radical (unpaired) electrons. The summed E-state index contributed by atoms with van der Waals surface area (Å²) in [6.45, 7) is 12.4. The van der Waals surface area contributed by atoms with Gasteiger partial charge < -0.3 is 14.8 Å². The van der Waals surface area contributed by atoms with E-state index in [4.69, 9.17) is 9.47 Å². The number of nitrogens with zero attached hydrogens (tertiary/aromatic N) is 3. The number of amides is 1. The summed E-state index contributed by atoms with van der Waals surface area (Å²) in [7, 11) is 0. The molecule has 0 bridgehead atoms. The average molecular weight is 541 g/mol. The van der Waals surface area contributed by atoms with Crippen LogP contribution >= 0.6 is 23.1 Å². The smallest absolute Gasteiger partial charge is 0.341 e. The van der Waals surface area contributed by atoms with Gasteiger partial charge in [-0.15, -0.1) is 28.1 Å². The van der Waals surface area contributed by atoms with Gasteiger partial charge in [0.15, 0.2) is 17.1 Å². The second-order valence-corrected chi connectivity index (χ2v) is 11.0. The van der Waals surface area contributed by atoms with Crippen LogP contribution in [-0.2, 0) is 28.9 Å². The number of hydrogen-bond donors (Lipinski definition) is 1. The van der Waals surface area contributed by atoms with Crippen LogP contribution in [0.15, 0.2) is 36.0 Å². The molecule has 1 aliphatic carbocycles. The standard InChI is InChI=1S/C27H32N4O4S2/c1-6-11-31-24(18(5)35-19-13-16(3)12-17(4)14-19)29-30-27(31)36-15-22(32)28-25-23(26(33)34-7-2)20-9-8-10-21(20)37-25/h6,12-14,18H,1,7-11,15H2,2-5H3,(H,28,32). The normalized spacial score (nSPS) is 13.2. The predicted molar refractivity (Wildman–Crippen MR) is 147 cm³/mol. The molecule has 1 aliphatic rings. The minimum Gasteiger partial charge on any atom is -0.483 e. The first-order valence-corrected chi connectivity index (χ1v) is 14.1. The summed E-state index contributed by atoms with van der Waals surface area (Å²) in [6.07, 6.45) is 4.19. The second-order valence-electron chi connectivity index (χ2n) is 8.94. The molecular formula is C27H32N4O4S2. The van der Waals surface area contributed by atoms with Crippen LogP contribution in [0, 0.1) is 13.8 Å². The number of aryl methyl sites for hydroxylation is 3. The Kier molecular flexibility index (Phi) is 8.71. The number of carbonyl (C=O) groups is 2. The number of hydrogen-bond acceptors (Lipinski definition) is 8. The van der Waals surface area contributed by atoms with Gasteiger partial charge in [-0.3, -0.25) is 9.36 Å². The number of carbonyl (C=O) groups excluding carboxylic acids is 2. The van der Waals surface area contributed by atoms with E-state index < -0.39 is 0 Å². The molecule has 1 amide bonds. The number of thioether (sulfide) groups is 1. The molecule has 0 fully saturated rings. The lowest BCUT2D eigenvalue weighted by Gasteiger charge is -2.16. The van der Waals surface area contributed by atoms with Crippen LogP contribution in [0.4, 0.5) is 5.00 Å². The first kappa shape index (κ1) is 26.9. The summed E-state index contributed by atoms with van der Waals surface area (Å²) in [6, 6.07) is 6.07. The van der Waals surface area contributed by atoms with Crippen molar-refractivity contribution in [2.24, 2.45) is 0 Å². The lowest BCUT2D eigenvalue weighted by atomic mass is 10.1. The highest BCUT2D eigenvalue weighted by atomic mass is 32.2. The van der Waals surface area contributed by atoms with Crippen molar-refractivity contribution in [3.8, 4) is 5.75 Å². The number of esters is 1. The zero-order valence-corrected chi connectivity index (χ0v) is 23.3. The maximum atomic E-state index is 12.9. The summed E-state index contributed by atoms with van der Waals surface area (Å²) in [5, 5.41) is 12.8. The summed E-state index contributed by atoms with van der Waals surface area (Å²) in [5.74, 6) is 0.947. The number of ether oxygens (including phenoxy) is 2. The van der Waals surface area contributed by atoms with Crippen molar-refractivity contribution in [2.45, 2.75) is 64.8 Å². The quantitative estimate of drug-likeness (QED) is 0.190. The Labute approximate surface area is 225 Å². The molecule has 0 saturated heterocycles. The lowest BCUT2D eigenvalue weighted by molar-refractivity contribution is -0.113. The third kappa shape index (κ3) is 6.24. The van der Waals surface area contributed by atoms with Gasteiger partial charge in [0.25, 0.3) is 0 Å². The highest BCUT2D eigenvalue weighted by Crippen LogP contribution is 2.39. The van der Waals surface area contributed by atoms with Gasteiger partial charge >= 0.3 is 5.97 Å². The Morgan fingerprint density at radius 2 is 2.00 bits per heavy atom. The van der Waals surface area contributed by atoms with Gasteiger partial charge in [0.1, 0.15) is 10.8 Å². The van der Waals surface area contributed by atoms with Crippen molar-refractivity contribution < 1.29 is 19.1 Å². The third-order valence-corrected chi connectivity index (χ3v) is 8.09. The van der Waals surface area contributed by atoms with Crippen LogP contribution < -0.4 is 10.1 Å². The molecule has 196 valence electrons. The fourth-order valence-electron chi connectivity index (χ4n) is 4.47. The SMILES string of the molecule is C=CCn1c(SCC(=O)Nc2sc3c(c2C(=O)OCC)CCC3)nnc1C(C)Oc1cc(C)cc(C)c1. The van der Waals surface area contributed by atoms with Crippen molar-refractivity contribution >= 4 is 40.0 Å². The first-order chi connectivity index (χ1) is 17.8. The van der Waals surface area contributed by atoms with Gasteiger partial charge in [-0.25, -0.2) is 4.79 Å². The monoisotopic (exact) mass is 540 g/mol. The largest absolute Gasteiger partial charge is 0.483 e. The number of aromatic nitrogens is 3. The number of anilines is 1. The van der Waals surface area contributed by atoms with E-state index in [1.54, 1.807) is 13.0 Å². The summed E-state index contributed by atoms with van der Waals surface area (Å²) < 4.78 is 13.3. The Morgan fingerprint density at radius 3 is 2.70 bits per heavy atom. The minimum atomic E-state index is -0.377. The zero-order chi connectivity index (χ0) is 26.5. The molecule has 1 unspecified atom stereocenters. The molecule has 2 aromatic heterocycles. The Morgan fingerprint density at radius 1 is 1.24 bits per heavy atom. The molecule has 8 nitrogen and oxygen atoms in total. The summed E-state index contributed by atoms with van der Waals surface area (Å²) in [4.78, 5) is 26.6. The van der Waals surface area contributed by atoms with Gasteiger partial charge in [0.05, 0.1) is 17.9 Å². The molecule has 0 saturated carbocycles. The summed E-state index contributed by atoms with van der Waals surface area (Å²) in [5.41, 5.74) is 3.77. The Bertz CT molecular complexity index is 1290. The molecule has 3 aromatic rings. The zero-order valence-electron chi connectivity index (χ0n) is 21.6. The number of fused-ring (bicyclic) bond motifs is 1. The maximum Gasteiger partial charge on any atom is 0.341 e. The molecule has 1 aromatic carbocycles. The van der Waals surface area contributed by atoms with Crippen molar-refractivity contribution in [1.82, 2.24) is 14.8 Å². The van der Waals surface area contributed by atoms with E-state index in [-0.39, 0.29) is 23.7 Å². The number of rotatable bonds is 11. The highest BCUT2D eigenvalue weighted by molar-refractivity contribution is 7.99. The maximum absolute atomic E-state index is 12.9. The van der Waals surface area contributed by atoms with E-state index in [2.05, 4.69) is 28.2 Å². The highest BCUT2D eigenvalue weighted by Gasteiger charge is 2.28.